The summed E-state index contributed by atoms with van der Waals surface area (Å²) < 4.78 is 33.4. The van der Waals surface area contributed by atoms with Gasteiger partial charge in [-0.05, 0) is 62.9 Å². The van der Waals surface area contributed by atoms with E-state index in [1.165, 1.54) is 32.4 Å². The van der Waals surface area contributed by atoms with Crippen LogP contribution in [-0.4, -0.2) is 80.0 Å². The number of fused-ring (bicyclic) bond motifs is 1. The fourth-order valence-electron chi connectivity index (χ4n) is 5.59. The van der Waals surface area contributed by atoms with Crippen molar-refractivity contribution in [3.05, 3.63) is 45.7 Å². The van der Waals surface area contributed by atoms with Gasteiger partial charge in [0.1, 0.15) is 11.3 Å². The number of primary amides is 1. The van der Waals surface area contributed by atoms with E-state index in [0.717, 1.165) is 30.9 Å². The number of hydrogen-bond acceptors (Lipinski definition) is 7. The van der Waals surface area contributed by atoms with Crippen LogP contribution >= 0.6 is 23.2 Å². The van der Waals surface area contributed by atoms with Crippen molar-refractivity contribution in [2.24, 2.45) is 11.7 Å². The molecule has 0 saturated carbocycles. The summed E-state index contributed by atoms with van der Waals surface area (Å²) in [5.41, 5.74) is 7.46. The summed E-state index contributed by atoms with van der Waals surface area (Å²) in [6.45, 7) is 8.53. The molecule has 15 heteroatoms. The van der Waals surface area contributed by atoms with Crippen molar-refractivity contribution < 1.29 is 27.9 Å². The number of halogens is 5. The fraction of sp³-hybridized carbons (Fsp3) is 0.519. The van der Waals surface area contributed by atoms with E-state index < -0.39 is 18.1 Å². The number of carbonyl (C=O) groups is 2. The molecule has 0 bridgehead atoms. The van der Waals surface area contributed by atoms with Gasteiger partial charge in [0.25, 0.3) is 5.91 Å². The van der Waals surface area contributed by atoms with Crippen LogP contribution in [0.15, 0.2) is 24.4 Å². The van der Waals surface area contributed by atoms with Crippen molar-refractivity contribution in [3.8, 4) is 0 Å². The molecule has 228 valence electrons. The van der Waals surface area contributed by atoms with Crippen molar-refractivity contribution in [2.45, 2.75) is 57.8 Å². The molecule has 1 amide bonds. The summed E-state index contributed by atoms with van der Waals surface area (Å²) in [4.78, 5) is 35.5. The van der Waals surface area contributed by atoms with Gasteiger partial charge in [-0.3, -0.25) is 9.69 Å². The number of benzene rings is 1. The first-order chi connectivity index (χ1) is 19.8. The minimum atomic E-state index is -5.08. The highest BCUT2D eigenvalue weighted by Gasteiger charge is 2.38. The fourth-order valence-corrected chi connectivity index (χ4v) is 6.16. The lowest BCUT2D eigenvalue weighted by molar-refractivity contribution is -0.192. The quantitative estimate of drug-likeness (QED) is 0.395. The first-order valence-corrected chi connectivity index (χ1v) is 14.3. The van der Waals surface area contributed by atoms with Gasteiger partial charge in [0.2, 0.25) is 0 Å². The van der Waals surface area contributed by atoms with Crippen LogP contribution in [0.1, 0.15) is 61.6 Å². The minimum Gasteiger partial charge on any atom is -0.475 e. The molecule has 3 unspecified atom stereocenters. The molecule has 2 aliphatic heterocycles. The summed E-state index contributed by atoms with van der Waals surface area (Å²) in [6.07, 6.45) is 1.70. The monoisotopic (exact) mass is 629 g/mol. The molecule has 2 saturated heterocycles. The SMILES string of the molecule is CC1CN(c2cnc3c(C(N)=O)nn(C(C)c4ccc(Cl)cc4Cl)c3n2)CCC1N1CCCCC1.O=C(O)C(F)(F)F. The highest BCUT2D eigenvalue weighted by Crippen LogP contribution is 2.32. The Morgan fingerprint density at radius 3 is 2.38 bits per heavy atom. The van der Waals surface area contributed by atoms with Crippen molar-refractivity contribution in [1.82, 2.24) is 24.6 Å². The van der Waals surface area contributed by atoms with Gasteiger partial charge in [-0.1, -0.05) is 42.6 Å². The Labute approximate surface area is 250 Å². The highest BCUT2D eigenvalue weighted by molar-refractivity contribution is 6.35. The van der Waals surface area contributed by atoms with Crippen LogP contribution in [-0.2, 0) is 4.79 Å². The summed E-state index contributed by atoms with van der Waals surface area (Å²) in [6, 6.07) is 5.65. The second kappa shape index (κ2) is 13.0. The lowest BCUT2D eigenvalue weighted by Crippen LogP contribution is -2.51. The number of hydrogen-bond donors (Lipinski definition) is 2. The number of amides is 1. The Kier molecular flexibility index (Phi) is 9.84. The average Bonchev–Trinajstić information content (AvgIpc) is 3.32. The first-order valence-electron chi connectivity index (χ1n) is 13.6. The van der Waals surface area contributed by atoms with E-state index in [-0.39, 0.29) is 11.7 Å². The zero-order valence-corrected chi connectivity index (χ0v) is 24.6. The Balaban J connectivity index is 0.000000517. The van der Waals surface area contributed by atoms with Crippen LogP contribution in [0.3, 0.4) is 0 Å². The molecule has 3 atom stereocenters. The number of carboxylic acids is 1. The van der Waals surface area contributed by atoms with E-state index in [0.29, 0.717) is 33.2 Å². The van der Waals surface area contributed by atoms with Crippen molar-refractivity contribution >= 4 is 52.1 Å². The number of piperidine rings is 2. The molecule has 0 aliphatic carbocycles. The van der Waals surface area contributed by atoms with Gasteiger partial charge in [0, 0.05) is 29.2 Å². The number of rotatable bonds is 5. The molecule has 3 N–H and O–H groups in total. The molecular weight excluding hydrogens is 598 g/mol. The second-order valence-corrected chi connectivity index (χ2v) is 11.4. The summed E-state index contributed by atoms with van der Waals surface area (Å²) in [5.74, 6) is -2.08. The molecule has 2 aliphatic rings. The van der Waals surface area contributed by atoms with Crippen LogP contribution in [0, 0.1) is 5.92 Å². The predicted octanol–water partition coefficient (Wildman–Crippen LogP) is 5.18. The lowest BCUT2D eigenvalue weighted by Gasteiger charge is -2.44. The van der Waals surface area contributed by atoms with Crippen molar-refractivity contribution in [1.29, 1.82) is 0 Å². The number of alkyl halides is 3. The smallest absolute Gasteiger partial charge is 0.475 e. The van der Waals surface area contributed by atoms with Gasteiger partial charge in [0.05, 0.1) is 12.2 Å². The number of likely N-dealkylation sites (tertiary alicyclic amines) is 1. The molecule has 5 rings (SSSR count). The normalized spacial score (nSPS) is 20.6. The van der Waals surface area contributed by atoms with Gasteiger partial charge >= 0.3 is 12.1 Å². The Morgan fingerprint density at radius 1 is 1.14 bits per heavy atom. The largest absolute Gasteiger partial charge is 0.490 e. The van der Waals surface area contributed by atoms with E-state index in [4.69, 9.17) is 43.8 Å². The van der Waals surface area contributed by atoms with Gasteiger partial charge in [-0.2, -0.15) is 18.3 Å². The van der Waals surface area contributed by atoms with Crippen molar-refractivity contribution in [3.63, 3.8) is 0 Å². The third-order valence-electron chi connectivity index (χ3n) is 7.69. The average molecular weight is 630 g/mol. The third kappa shape index (κ3) is 7.07. The Bertz CT molecular complexity index is 1450. The number of carboxylic acid groups (broad SMARTS) is 1. The maximum atomic E-state index is 12.1. The molecular formula is C27H32Cl2F3N7O3. The Hall–Kier alpha value is -3.16. The molecule has 0 radical (unpaired) electrons. The summed E-state index contributed by atoms with van der Waals surface area (Å²) >= 11 is 12.6. The molecule has 0 spiro atoms. The predicted molar refractivity (Wildman–Crippen MR) is 153 cm³/mol. The minimum absolute atomic E-state index is 0.105. The number of nitrogens with two attached hydrogens (primary N) is 1. The summed E-state index contributed by atoms with van der Waals surface area (Å²) in [5, 5.41) is 12.7. The number of aliphatic carboxylic acids is 1. The molecule has 10 nitrogen and oxygen atoms in total. The van der Waals surface area contributed by atoms with Crippen LogP contribution in [0.5, 0.6) is 0 Å². The third-order valence-corrected chi connectivity index (χ3v) is 8.25. The number of carbonyl (C=O) groups excluding carboxylic acids is 1. The zero-order chi connectivity index (χ0) is 30.8. The maximum absolute atomic E-state index is 12.1. The van der Waals surface area contributed by atoms with Gasteiger partial charge in [-0.25, -0.2) is 19.4 Å². The topological polar surface area (TPSA) is 130 Å². The lowest BCUT2D eigenvalue weighted by atomic mass is 9.91. The molecule has 1 aromatic carbocycles. The first kappa shape index (κ1) is 31.8. The second-order valence-electron chi connectivity index (χ2n) is 10.6. The zero-order valence-electron chi connectivity index (χ0n) is 23.1. The maximum Gasteiger partial charge on any atom is 0.490 e. The molecule has 42 heavy (non-hydrogen) atoms. The van der Waals surface area contributed by atoms with E-state index in [2.05, 4.69) is 26.8 Å². The van der Waals surface area contributed by atoms with E-state index in [1.54, 1.807) is 23.0 Å². The van der Waals surface area contributed by atoms with Gasteiger partial charge < -0.3 is 15.7 Å². The van der Waals surface area contributed by atoms with E-state index >= 15 is 0 Å². The van der Waals surface area contributed by atoms with Gasteiger partial charge in [-0.15, -0.1) is 0 Å². The van der Waals surface area contributed by atoms with Crippen LogP contribution in [0.2, 0.25) is 10.0 Å². The van der Waals surface area contributed by atoms with Crippen LogP contribution in [0.25, 0.3) is 11.2 Å². The van der Waals surface area contributed by atoms with Crippen LogP contribution in [0.4, 0.5) is 19.0 Å². The highest BCUT2D eigenvalue weighted by atomic mass is 35.5. The molecule has 2 fully saturated rings. The van der Waals surface area contributed by atoms with Crippen molar-refractivity contribution in [2.75, 3.05) is 31.1 Å². The Morgan fingerprint density at radius 2 is 1.81 bits per heavy atom. The van der Waals surface area contributed by atoms with Gasteiger partial charge in [0.15, 0.2) is 11.3 Å². The standard InChI is InChI=1S/C25H31Cl2N7O.C2HF3O2/c1-15-14-33(11-8-20(15)32-9-4-3-5-10-32)21-13-29-23-22(24(28)35)31-34(25(23)30-21)16(2)18-7-6-17(26)12-19(18)27;3-2(4,5)1(6)7/h6-7,12-13,15-16,20H,3-5,8-11,14H2,1-2H3,(H2,28,35);(H,6,7). The van der Waals surface area contributed by atoms with Crippen LogP contribution < -0.4 is 10.6 Å². The number of aromatic nitrogens is 4. The number of anilines is 1. The van der Waals surface area contributed by atoms with E-state index in [9.17, 15) is 18.0 Å². The molecule has 2 aromatic heterocycles. The number of nitrogens with zero attached hydrogens (tertiary/aromatic N) is 6. The van der Waals surface area contributed by atoms with E-state index in [1.807, 2.05) is 13.0 Å². The molecule has 4 heterocycles. The summed E-state index contributed by atoms with van der Waals surface area (Å²) in [7, 11) is 0. The molecule has 3 aromatic rings.